The first kappa shape index (κ1) is 22.3. The van der Waals surface area contributed by atoms with Crippen LogP contribution in [-0.2, 0) is 14.4 Å². The molecule has 0 heterocycles. The summed E-state index contributed by atoms with van der Waals surface area (Å²) in [6, 6.07) is 0. The summed E-state index contributed by atoms with van der Waals surface area (Å²) in [5.74, 6) is -2.35. The number of rotatable bonds is 12. The Morgan fingerprint density at radius 3 is 2.69 bits per heavy atom. The molecule has 6 heteroatoms. The minimum absolute atomic E-state index is 0.0256. The van der Waals surface area contributed by atoms with Gasteiger partial charge in [0.25, 0.3) is 0 Å². The van der Waals surface area contributed by atoms with Crippen molar-refractivity contribution in [2.75, 3.05) is 0 Å². The molecule has 0 radical (unpaired) electrons. The Morgan fingerprint density at radius 2 is 2.04 bits per heavy atom. The molecule has 1 rings (SSSR count). The van der Waals surface area contributed by atoms with Crippen molar-refractivity contribution in [1.82, 2.24) is 0 Å². The standard InChI is InChI=1S/C20H30O6/c1-2-3-4-7-14(21)10-11-16-17(19(24)13-18(16)23)12-15(22)8-5-6-9-20(25)26/h6,9-11,14,16-18,21,23H,2-5,7-8,12-13H2,1H3,(H,25,26)/b9-6+,11-10+/t14-,16+,17+,18+/m0/s1. The number of carboxylic acids is 1. The molecule has 0 aromatic rings. The van der Waals surface area contributed by atoms with Gasteiger partial charge in [-0.1, -0.05) is 44.4 Å². The molecule has 1 fully saturated rings. The molecule has 6 nitrogen and oxygen atoms in total. The maximum atomic E-state index is 12.1. The lowest BCUT2D eigenvalue weighted by atomic mass is 9.88. The van der Waals surface area contributed by atoms with Gasteiger partial charge in [-0.2, -0.15) is 0 Å². The van der Waals surface area contributed by atoms with Gasteiger partial charge in [-0.25, -0.2) is 4.79 Å². The molecule has 4 atom stereocenters. The van der Waals surface area contributed by atoms with Crippen LogP contribution in [0.25, 0.3) is 0 Å². The second kappa shape index (κ2) is 11.8. The Bertz CT molecular complexity index is 536. The average Bonchev–Trinajstić information content (AvgIpc) is 2.83. The highest BCUT2D eigenvalue weighted by atomic mass is 16.4. The zero-order valence-corrected chi connectivity index (χ0v) is 15.3. The Hall–Kier alpha value is -1.79. The second-order valence-electron chi connectivity index (χ2n) is 6.89. The van der Waals surface area contributed by atoms with E-state index in [9.17, 15) is 24.6 Å². The van der Waals surface area contributed by atoms with E-state index >= 15 is 0 Å². The summed E-state index contributed by atoms with van der Waals surface area (Å²) < 4.78 is 0. The minimum atomic E-state index is -1.06. The summed E-state index contributed by atoms with van der Waals surface area (Å²) in [4.78, 5) is 34.6. The SMILES string of the molecule is CCCCC[C@H](O)/C=C/[C@H]1[C@H](O)CC(=O)[C@@H]1CC(=O)CC/C=C/C(=O)O. The van der Waals surface area contributed by atoms with Gasteiger partial charge in [0.15, 0.2) is 0 Å². The van der Waals surface area contributed by atoms with Crippen molar-refractivity contribution < 1.29 is 29.7 Å². The maximum Gasteiger partial charge on any atom is 0.327 e. The zero-order valence-electron chi connectivity index (χ0n) is 15.3. The van der Waals surface area contributed by atoms with Gasteiger partial charge in [0.05, 0.1) is 12.2 Å². The topological polar surface area (TPSA) is 112 Å². The Morgan fingerprint density at radius 1 is 1.31 bits per heavy atom. The van der Waals surface area contributed by atoms with Crippen LogP contribution >= 0.6 is 0 Å². The van der Waals surface area contributed by atoms with Crippen molar-refractivity contribution in [3.63, 3.8) is 0 Å². The first-order chi connectivity index (χ1) is 12.3. The van der Waals surface area contributed by atoms with Crippen LogP contribution in [0, 0.1) is 11.8 Å². The third-order valence-corrected chi connectivity index (χ3v) is 4.69. The Balaban J connectivity index is 2.56. The summed E-state index contributed by atoms with van der Waals surface area (Å²) in [6.07, 6.45) is 8.47. The van der Waals surface area contributed by atoms with Gasteiger partial charge < -0.3 is 15.3 Å². The van der Waals surface area contributed by atoms with Crippen molar-refractivity contribution in [2.24, 2.45) is 11.8 Å². The summed E-state index contributed by atoms with van der Waals surface area (Å²) in [7, 11) is 0. The van der Waals surface area contributed by atoms with Crippen LogP contribution in [0.1, 0.15) is 58.3 Å². The molecular formula is C20H30O6. The van der Waals surface area contributed by atoms with Crippen molar-refractivity contribution in [2.45, 2.75) is 70.5 Å². The number of carbonyl (C=O) groups excluding carboxylic acids is 2. The number of hydrogen-bond acceptors (Lipinski definition) is 5. The van der Waals surface area contributed by atoms with Gasteiger partial charge in [0.1, 0.15) is 11.6 Å². The lowest BCUT2D eigenvalue weighted by Crippen LogP contribution is -2.22. The molecule has 1 saturated carbocycles. The van der Waals surface area contributed by atoms with Gasteiger partial charge in [0, 0.05) is 37.2 Å². The van der Waals surface area contributed by atoms with Gasteiger partial charge in [-0.15, -0.1) is 0 Å². The molecule has 0 aliphatic heterocycles. The smallest absolute Gasteiger partial charge is 0.327 e. The average molecular weight is 366 g/mol. The Labute approximate surface area is 154 Å². The van der Waals surface area contributed by atoms with Crippen molar-refractivity contribution in [3.05, 3.63) is 24.3 Å². The van der Waals surface area contributed by atoms with Crippen molar-refractivity contribution >= 4 is 17.5 Å². The number of hydrogen-bond donors (Lipinski definition) is 3. The Kier molecular flexibility index (Phi) is 10.1. The molecule has 0 unspecified atom stereocenters. The molecule has 0 amide bonds. The van der Waals surface area contributed by atoms with Crippen LogP contribution in [0.3, 0.4) is 0 Å². The second-order valence-corrected chi connectivity index (χ2v) is 6.89. The third-order valence-electron chi connectivity index (χ3n) is 4.69. The van der Waals surface area contributed by atoms with Crippen LogP contribution in [0.2, 0.25) is 0 Å². The van der Waals surface area contributed by atoms with E-state index in [-0.39, 0.29) is 30.8 Å². The first-order valence-corrected chi connectivity index (χ1v) is 9.33. The number of allylic oxidation sites excluding steroid dienone is 1. The van der Waals surface area contributed by atoms with Gasteiger partial charge in [-0.05, 0) is 12.8 Å². The maximum absolute atomic E-state index is 12.1. The molecule has 0 aromatic carbocycles. The van der Waals surface area contributed by atoms with Crippen molar-refractivity contribution in [3.8, 4) is 0 Å². The van der Waals surface area contributed by atoms with E-state index in [1.807, 2.05) is 0 Å². The number of carbonyl (C=O) groups is 3. The molecule has 0 saturated heterocycles. The number of aliphatic carboxylic acids is 1. The normalized spacial score (nSPS) is 24.6. The highest BCUT2D eigenvalue weighted by Crippen LogP contribution is 2.33. The summed E-state index contributed by atoms with van der Waals surface area (Å²) >= 11 is 0. The quantitative estimate of drug-likeness (QED) is 0.278. The molecule has 146 valence electrons. The van der Waals surface area contributed by atoms with E-state index in [1.165, 1.54) is 6.08 Å². The van der Waals surface area contributed by atoms with E-state index in [2.05, 4.69) is 6.92 Å². The zero-order chi connectivity index (χ0) is 19.5. The van der Waals surface area contributed by atoms with Gasteiger partial charge >= 0.3 is 5.97 Å². The highest BCUT2D eigenvalue weighted by molar-refractivity contribution is 5.90. The number of aliphatic hydroxyl groups is 2. The molecule has 0 spiro atoms. The molecular weight excluding hydrogens is 336 g/mol. The van der Waals surface area contributed by atoms with Gasteiger partial charge in [0.2, 0.25) is 0 Å². The number of carboxylic acid groups (broad SMARTS) is 1. The van der Waals surface area contributed by atoms with Crippen LogP contribution in [-0.4, -0.2) is 45.1 Å². The van der Waals surface area contributed by atoms with E-state index in [0.717, 1.165) is 25.3 Å². The molecule has 0 aromatic heterocycles. The fourth-order valence-corrected chi connectivity index (χ4v) is 3.22. The largest absolute Gasteiger partial charge is 0.478 e. The van der Waals surface area contributed by atoms with Crippen LogP contribution in [0.15, 0.2) is 24.3 Å². The van der Waals surface area contributed by atoms with E-state index < -0.39 is 30.0 Å². The number of Topliss-reactive ketones (excluding diaryl/α,β-unsaturated/α-hetero) is 2. The number of unbranched alkanes of at least 4 members (excludes halogenated alkanes) is 2. The molecule has 1 aliphatic rings. The number of aliphatic hydroxyl groups excluding tert-OH is 2. The van der Waals surface area contributed by atoms with E-state index in [1.54, 1.807) is 12.2 Å². The molecule has 26 heavy (non-hydrogen) atoms. The predicted molar refractivity (Wildman–Crippen MR) is 97.5 cm³/mol. The summed E-state index contributed by atoms with van der Waals surface area (Å²) in [5.41, 5.74) is 0. The van der Waals surface area contributed by atoms with Crippen LogP contribution in [0.4, 0.5) is 0 Å². The third kappa shape index (κ3) is 8.06. The first-order valence-electron chi connectivity index (χ1n) is 9.33. The lowest BCUT2D eigenvalue weighted by molar-refractivity contribution is -0.131. The molecule has 3 N–H and O–H groups in total. The van der Waals surface area contributed by atoms with Crippen molar-refractivity contribution in [1.29, 1.82) is 0 Å². The highest BCUT2D eigenvalue weighted by Gasteiger charge is 2.40. The molecule has 0 bridgehead atoms. The fraction of sp³-hybridized carbons (Fsp3) is 0.650. The summed E-state index contributed by atoms with van der Waals surface area (Å²) in [6.45, 7) is 2.09. The number of ketones is 2. The lowest BCUT2D eigenvalue weighted by Gasteiger charge is -2.17. The van der Waals surface area contributed by atoms with E-state index in [4.69, 9.17) is 5.11 Å². The minimum Gasteiger partial charge on any atom is -0.478 e. The van der Waals surface area contributed by atoms with Crippen LogP contribution in [0.5, 0.6) is 0 Å². The van der Waals surface area contributed by atoms with Crippen LogP contribution < -0.4 is 0 Å². The van der Waals surface area contributed by atoms with E-state index in [0.29, 0.717) is 12.8 Å². The van der Waals surface area contributed by atoms with Gasteiger partial charge in [-0.3, -0.25) is 9.59 Å². The summed E-state index contributed by atoms with van der Waals surface area (Å²) in [5, 5.41) is 28.6. The monoisotopic (exact) mass is 366 g/mol. The predicted octanol–water partition coefficient (Wildman–Crippen LogP) is 2.43. The molecule has 1 aliphatic carbocycles. The fourth-order valence-electron chi connectivity index (χ4n) is 3.22.